The summed E-state index contributed by atoms with van der Waals surface area (Å²) in [6, 6.07) is 15.7. The number of carbonyl (C=O) groups is 4. The van der Waals surface area contributed by atoms with E-state index in [1.807, 2.05) is 0 Å². The molecule has 2 aromatic carbocycles. The van der Waals surface area contributed by atoms with E-state index in [2.05, 4.69) is 25.7 Å². The first-order valence-electron chi connectivity index (χ1n) is 12.0. The van der Waals surface area contributed by atoms with Crippen LogP contribution in [0.2, 0.25) is 0 Å². The van der Waals surface area contributed by atoms with Crippen LogP contribution in [-0.4, -0.2) is 54.8 Å². The zero-order valence-electron chi connectivity index (χ0n) is 21.2. The van der Waals surface area contributed by atoms with Crippen molar-refractivity contribution in [3.8, 4) is 11.1 Å². The molecule has 2 amide bonds. The van der Waals surface area contributed by atoms with Crippen LogP contribution in [0.25, 0.3) is 11.1 Å². The van der Waals surface area contributed by atoms with Crippen LogP contribution in [0.15, 0.2) is 72.9 Å². The molecule has 0 aliphatic carbocycles. The fraction of sp³-hybridized carbons (Fsp3) is 0.222. The summed E-state index contributed by atoms with van der Waals surface area (Å²) < 4.78 is 59.5. The quantitative estimate of drug-likeness (QED) is 0.135. The number of halogens is 4. The van der Waals surface area contributed by atoms with Crippen molar-refractivity contribution in [3.05, 3.63) is 84.3 Å². The first-order valence-corrected chi connectivity index (χ1v) is 12.0. The lowest BCUT2D eigenvalue weighted by Gasteiger charge is -2.19. The third kappa shape index (κ3) is 10.2. The van der Waals surface area contributed by atoms with Gasteiger partial charge in [-0.3, -0.25) is 9.59 Å². The van der Waals surface area contributed by atoms with Gasteiger partial charge in [0.2, 0.25) is 5.91 Å². The molecule has 0 aliphatic rings. The molecule has 0 saturated carbocycles. The normalized spacial score (nSPS) is 11.6. The lowest BCUT2D eigenvalue weighted by molar-refractivity contribution is -0.202. The second kappa shape index (κ2) is 14.4. The number of aromatic nitrogens is 1. The molecule has 3 aromatic rings. The van der Waals surface area contributed by atoms with Crippen LogP contribution in [0, 0.1) is 5.82 Å². The number of hydrogen-bond donors (Lipinski definition) is 3. The molecule has 3 rings (SSSR count). The second-order valence-corrected chi connectivity index (χ2v) is 8.34. The first-order chi connectivity index (χ1) is 19.5. The van der Waals surface area contributed by atoms with Crippen LogP contribution < -0.4 is 16.0 Å². The third-order valence-electron chi connectivity index (χ3n) is 5.33. The van der Waals surface area contributed by atoms with Crippen LogP contribution in [0.1, 0.15) is 18.0 Å². The van der Waals surface area contributed by atoms with Gasteiger partial charge in [0.05, 0.1) is 19.0 Å². The number of pyridine rings is 1. The fourth-order valence-electron chi connectivity index (χ4n) is 3.41. The summed E-state index contributed by atoms with van der Waals surface area (Å²) in [5, 5.41) is 7.54. The van der Waals surface area contributed by atoms with Crippen molar-refractivity contribution in [3.63, 3.8) is 0 Å². The number of benzene rings is 2. The van der Waals surface area contributed by atoms with Gasteiger partial charge in [-0.25, -0.2) is 19.0 Å². The molecule has 10 nitrogen and oxygen atoms in total. The number of carbonyl (C=O) groups excluding carboxylic acids is 4. The minimum absolute atomic E-state index is 0.0495. The zero-order valence-corrected chi connectivity index (χ0v) is 21.2. The number of hydrogen-bond acceptors (Lipinski definition) is 8. The van der Waals surface area contributed by atoms with E-state index in [1.54, 1.807) is 36.5 Å². The van der Waals surface area contributed by atoms with E-state index in [0.29, 0.717) is 16.9 Å². The number of alkyl carbamates (subject to hydrolysis) is 1. The minimum Gasteiger partial charge on any atom is -0.448 e. The van der Waals surface area contributed by atoms with Crippen molar-refractivity contribution in [1.29, 1.82) is 0 Å². The van der Waals surface area contributed by atoms with E-state index in [-0.39, 0.29) is 18.7 Å². The molecular formula is C27H24F4N4O6. The van der Waals surface area contributed by atoms with Crippen LogP contribution in [0.4, 0.5) is 28.2 Å². The lowest BCUT2D eigenvalue weighted by Crippen LogP contribution is -2.40. The molecule has 0 fully saturated rings. The number of rotatable bonds is 11. The maximum absolute atomic E-state index is 13.2. The summed E-state index contributed by atoms with van der Waals surface area (Å²) in [5.41, 5.74) is 1.59. The van der Waals surface area contributed by atoms with E-state index < -0.39 is 54.9 Å². The molecule has 14 heteroatoms. The minimum atomic E-state index is -5.39. The fourth-order valence-corrected chi connectivity index (χ4v) is 3.41. The molecule has 0 spiro atoms. The van der Waals surface area contributed by atoms with Crippen molar-refractivity contribution in [1.82, 2.24) is 15.6 Å². The summed E-state index contributed by atoms with van der Waals surface area (Å²) in [6.07, 6.45) is -5.55. The zero-order chi connectivity index (χ0) is 29.8. The Labute approximate surface area is 231 Å². The van der Waals surface area contributed by atoms with Crippen LogP contribution in [0.3, 0.4) is 0 Å². The average Bonchev–Trinajstić information content (AvgIpc) is 2.94. The standard InChI is InChI=1S/C27H24F4N4O6/c28-20-10-8-18(9-11-20)17-4-6-19(7-5-17)21(15-24(37)41-25(38)27(29,30)31)35-23(36)16-34-26(39)40-14-13-33-22-3-1-2-12-32-22/h1-12,21H,13-16H2,(H,32,33)(H,34,39)(H,35,36). The first kappa shape index (κ1) is 30.5. The molecular weight excluding hydrogens is 552 g/mol. The van der Waals surface area contributed by atoms with E-state index in [1.165, 1.54) is 36.4 Å². The van der Waals surface area contributed by atoms with Gasteiger partial charge in [-0.05, 0) is 41.0 Å². The van der Waals surface area contributed by atoms with Crippen LogP contribution in [0.5, 0.6) is 0 Å². The lowest BCUT2D eigenvalue weighted by atomic mass is 9.99. The van der Waals surface area contributed by atoms with Crippen molar-refractivity contribution in [2.75, 3.05) is 25.0 Å². The second-order valence-electron chi connectivity index (χ2n) is 8.34. The Morgan fingerprint density at radius 2 is 1.56 bits per heavy atom. The summed E-state index contributed by atoms with van der Waals surface area (Å²) in [5.74, 6) is -4.90. The van der Waals surface area contributed by atoms with Gasteiger partial charge in [0, 0.05) is 6.20 Å². The molecule has 0 bridgehead atoms. The molecule has 1 aromatic heterocycles. The van der Waals surface area contributed by atoms with Crippen molar-refractivity contribution in [2.45, 2.75) is 18.6 Å². The van der Waals surface area contributed by atoms with Crippen LogP contribution in [-0.2, 0) is 23.9 Å². The number of alkyl halides is 3. The van der Waals surface area contributed by atoms with Crippen molar-refractivity contribution < 1.29 is 46.2 Å². The predicted octanol–water partition coefficient (Wildman–Crippen LogP) is 3.91. The van der Waals surface area contributed by atoms with Crippen molar-refractivity contribution in [2.24, 2.45) is 0 Å². The maximum atomic E-state index is 13.2. The van der Waals surface area contributed by atoms with E-state index in [4.69, 9.17) is 4.74 Å². The summed E-state index contributed by atoms with van der Waals surface area (Å²) in [7, 11) is 0. The number of nitrogens with one attached hydrogen (secondary N) is 3. The number of nitrogens with zero attached hydrogens (tertiary/aromatic N) is 1. The van der Waals surface area contributed by atoms with Crippen LogP contribution >= 0.6 is 0 Å². The molecule has 3 N–H and O–H groups in total. The highest BCUT2D eigenvalue weighted by atomic mass is 19.4. The van der Waals surface area contributed by atoms with Gasteiger partial charge >= 0.3 is 24.2 Å². The highest BCUT2D eigenvalue weighted by molar-refractivity contribution is 5.89. The smallest absolute Gasteiger partial charge is 0.448 e. The molecule has 216 valence electrons. The molecule has 41 heavy (non-hydrogen) atoms. The molecule has 1 unspecified atom stereocenters. The van der Waals surface area contributed by atoms with E-state index in [0.717, 1.165) is 0 Å². The Morgan fingerprint density at radius 1 is 0.902 bits per heavy atom. The maximum Gasteiger partial charge on any atom is 0.491 e. The monoisotopic (exact) mass is 576 g/mol. The summed E-state index contributed by atoms with van der Waals surface area (Å²) >= 11 is 0. The van der Waals surface area contributed by atoms with Gasteiger partial charge in [-0.15, -0.1) is 0 Å². The van der Waals surface area contributed by atoms with Gasteiger partial charge in [-0.2, -0.15) is 13.2 Å². The molecule has 1 atom stereocenters. The third-order valence-corrected chi connectivity index (χ3v) is 5.33. The highest BCUT2D eigenvalue weighted by Crippen LogP contribution is 2.25. The molecule has 1 heterocycles. The number of anilines is 1. The Balaban J connectivity index is 1.58. The van der Waals surface area contributed by atoms with E-state index >= 15 is 0 Å². The van der Waals surface area contributed by atoms with E-state index in [9.17, 15) is 36.7 Å². The number of esters is 2. The number of amides is 2. The molecule has 0 saturated heterocycles. The SMILES string of the molecule is O=C(CNC(=O)OCCNc1ccccn1)NC(CC(=O)OC(=O)C(F)(F)F)c1ccc(-c2ccc(F)cc2)cc1. The summed E-state index contributed by atoms with van der Waals surface area (Å²) in [6.45, 7) is -0.398. The van der Waals surface area contributed by atoms with Gasteiger partial charge < -0.3 is 25.4 Å². The van der Waals surface area contributed by atoms with Gasteiger partial charge in [0.1, 0.15) is 24.8 Å². The van der Waals surface area contributed by atoms with Gasteiger partial charge in [0.15, 0.2) is 0 Å². The van der Waals surface area contributed by atoms with Crippen molar-refractivity contribution >= 4 is 29.8 Å². The largest absolute Gasteiger partial charge is 0.491 e. The Hall–Kier alpha value is -5.01. The van der Waals surface area contributed by atoms with Gasteiger partial charge in [-0.1, -0.05) is 42.5 Å². The Bertz CT molecular complexity index is 1340. The number of ether oxygens (including phenoxy) is 2. The van der Waals surface area contributed by atoms with Gasteiger partial charge in [0.25, 0.3) is 0 Å². The molecule has 0 aliphatic heterocycles. The highest BCUT2D eigenvalue weighted by Gasteiger charge is 2.42. The average molecular weight is 577 g/mol. The molecule has 0 radical (unpaired) electrons. The Kier molecular flexibility index (Phi) is 10.7. The summed E-state index contributed by atoms with van der Waals surface area (Å²) in [4.78, 5) is 51.6. The topological polar surface area (TPSA) is 136 Å². The predicted molar refractivity (Wildman–Crippen MR) is 137 cm³/mol. The Morgan fingerprint density at radius 3 is 2.17 bits per heavy atom.